The molecule has 0 aromatic heterocycles. The summed E-state index contributed by atoms with van der Waals surface area (Å²) in [5, 5.41) is 7.39. The highest BCUT2D eigenvalue weighted by molar-refractivity contribution is 6.08. The van der Waals surface area contributed by atoms with Gasteiger partial charge >= 0.3 is 0 Å². The van der Waals surface area contributed by atoms with Gasteiger partial charge in [0.2, 0.25) is 0 Å². The largest absolute Gasteiger partial charge is 0.310 e. The van der Waals surface area contributed by atoms with Crippen molar-refractivity contribution in [2.75, 3.05) is 9.80 Å². The van der Waals surface area contributed by atoms with E-state index < -0.39 is 0 Å². The lowest BCUT2D eigenvalue weighted by Gasteiger charge is -2.43. The van der Waals surface area contributed by atoms with E-state index in [2.05, 4.69) is 242 Å². The Morgan fingerprint density at radius 3 is 1.75 bits per heavy atom. The van der Waals surface area contributed by atoms with Crippen LogP contribution in [0.5, 0.6) is 0 Å². The fourth-order valence-electron chi connectivity index (χ4n) is 9.46. The molecule has 0 saturated carbocycles. The molecule has 1 heterocycles. The lowest BCUT2D eigenvalue weighted by molar-refractivity contribution is 0.632. The van der Waals surface area contributed by atoms with Gasteiger partial charge in [0.25, 0.3) is 0 Å². The second kappa shape index (κ2) is 13.9. The smallest absolute Gasteiger partial charge is 0.0618 e. The minimum atomic E-state index is -0.213. The van der Waals surface area contributed by atoms with Crippen LogP contribution in [-0.4, -0.2) is 0 Å². The summed E-state index contributed by atoms with van der Waals surface area (Å²) in [6, 6.07) is 80.1. The maximum atomic E-state index is 2.56. The molecule has 2 nitrogen and oxygen atoms in total. The van der Waals surface area contributed by atoms with Gasteiger partial charge < -0.3 is 9.80 Å². The minimum Gasteiger partial charge on any atom is -0.310 e. The van der Waals surface area contributed by atoms with Crippen molar-refractivity contribution in [2.24, 2.45) is 0 Å². The molecule has 0 unspecified atom stereocenters. The number of nitrogens with zero attached hydrogens (tertiary/aromatic N) is 2. The van der Waals surface area contributed by atoms with Crippen LogP contribution in [0.2, 0.25) is 0 Å². The van der Waals surface area contributed by atoms with E-state index in [1.165, 1.54) is 77.2 Å². The maximum Gasteiger partial charge on any atom is 0.0618 e. The summed E-state index contributed by atoms with van der Waals surface area (Å²) in [6.45, 7) is 4.74. The summed E-state index contributed by atoms with van der Waals surface area (Å²) in [7, 11) is 0. The fourth-order valence-corrected chi connectivity index (χ4v) is 9.46. The number of fused-ring (bicyclic) bond motifs is 5. The Morgan fingerprint density at radius 1 is 0.356 bits per heavy atom. The molecular weight excluding hydrogens is 713 g/mol. The van der Waals surface area contributed by atoms with Gasteiger partial charge in [-0.2, -0.15) is 0 Å². The maximum absolute atomic E-state index is 2.56. The van der Waals surface area contributed by atoms with Gasteiger partial charge in [0.05, 0.1) is 17.1 Å². The van der Waals surface area contributed by atoms with E-state index >= 15 is 0 Å². The number of hydrogen-bond acceptors (Lipinski definition) is 2. The summed E-state index contributed by atoms with van der Waals surface area (Å²) in [4.78, 5) is 4.91. The number of anilines is 6. The van der Waals surface area contributed by atoms with Crippen molar-refractivity contribution >= 4 is 66.4 Å². The van der Waals surface area contributed by atoms with Gasteiger partial charge in [0.15, 0.2) is 0 Å². The van der Waals surface area contributed by atoms with Crippen LogP contribution in [0.4, 0.5) is 34.1 Å². The SMILES string of the molecule is CC1(C)c2ccccc2N(c2c(-c3ccc(N(c4ccccc4)c4ccc5ccccc5c4)cc3)ccc3ccccc23)c2cc(-c3cccc4ccccc34)ccc21. The van der Waals surface area contributed by atoms with Crippen LogP contribution >= 0.6 is 0 Å². The Bertz CT molecular complexity index is 3190. The highest BCUT2D eigenvalue weighted by Crippen LogP contribution is 2.56. The lowest BCUT2D eigenvalue weighted by atomic mass is 9.73. The van der Waals surface area contributed by atoms with Gasteiger partial charge in [-0.15, -0.1) is 0 Å². The normalized spacial score (nSPS) is 13.0. The molecule has 1 aliphatic heterocycles. The van der Waals surface area contributed by atoms with Crippen LogP contribution in [0, 0.1) is 0 Å². The molecule has 0 radical (unpaired) electrons. The number of rotatable bonds is 6. The molecule has 1 aliphatic rings. The first-order valence-electron chi connectivity index (χ1n) is 20.5. The van der Waals surface area contributed by atoms with E-state index in [0.717, 1.165) is 22.6 Å². The Labute approximate surface area is 345 Å². The molecule has 0 atom stereocenters. The van der Waals surface area contributed by atoms with Crippen LogP contribution in [0.1, 0.15) is 25.0 Å². The Morgan fingerprint density at radius 2 is 0.932 bits per heavy atom. The molecule has 59 heavy (non-hydrogen) atoms. The standard InChI is InChI=1S/C57H42N2/c1-57(2)52-25-12-13-26-54(52)59(55-38-44(31-36-53(55)57)49-24-14-19-40-16-8-10-22-48(40)49)56-50-23-11-9-17-41(50)30-35-51(56)42-28-32-46(33-29-42)58(45-20-4-3-5-21-45)47-34-27-39-15-6-7-18-43(39)37-47/h3-38H,1-2H3. The Kier molecular flexibility index (Phi) is 8.20. The zero-order valence-corrected chi connectivity index (χ0v) is 33.2. The molecule has 2 heteroatoms. The Balaban J connectivity index is 1.11. The molecule has 10 aromatic rings. The second-order valence-corrected chi connectivity index (χ2v) is 16.2. The highest BCUT2D eigenvalue weighted by Gasteiger charge is 2.38. The van der Waals surface area contributed by atoms with E-state index in [9.17, 15) is 0 Å². The second-order valence-electron chi connectivity index (χ2n) is 16.2. The van der Waals surface area contributed by atoms with Crippen molar-refractivity contribution in [3.05, 3.63) is 230 Å². The van der Waals surface area contributed by atoms with Crippen LogP contribution < -0.4 is 9.80 Å². The van der Waals surface area contributed by atoms with Crippen molar-refractivity contribution in [3.8, 4) is 22.3 Å². The fraction of sp³-hybridized carbons (Fsp3) is 0.0526. The average molecular weight is 755 g/mol. The van der Waals surface area contributed by atoms with Gasteiger partial charge in [0, 0.05) is 33.4 Å². The van der Waals surface area contributed by atoms with Crippen LogP contribution in [0.3, 0.4) is 0 Å². The molecule has 11 rings (SSSR count). The van der Waals surface area contributed by atoms with Crippen LogP contribution in [0.25, 0.3) is 54.6 Å². The quantitative estimate of drug-likeness (QED) is 0.167. The summed E-state index contributed by atoms with van der Waals surface area (Å²) in [5.74, 6) is 0. The van der Waals surface area contributed by atoms with Gasteiger partial charge in [-0.05, 0) is 103 Å². The van der Waals surface area contributed by atoms with Crippen molar-refractivity contribution in [1.82, 2.24) is 0 Å². The zero-order chi connectivity index (χ0) is 39.5. The van der Waals surface area contributed by atoms with Crippen LogP contribution in [-0.2, 0) is 5.41 Å². The molecular formula is C57H42N2. The molecule has 0 amide bonds. The van der Waals surface area contributed by atoms with Gasteiger partial charge in [-0.1, -0.05) is 184 Å². The predicted molar refractivity (Wildman–Crippen MR) is 251 cm³/mol. The van der Waals surface area contributed by atoms with Crippen molar-refractivity contribution in [3.63, 3.8) is 0 Å². The van der Waals surface area contributed by atoms with Gasteiger partial charge in [0.1, 0.15) is 0 Å². The first-order chi connectivity index (χ1) is 29.0. The number of hydrogen-bond donors (Lipinski definition) is 0. The van der Waals surface area contributed by atoms with Gasteiger partial charge in [-0.3, -0.25) is 0 Å². The van der Waals surface area contributed by atoms with E-state index in [1.54, 1.807) is 0 Å². The third-order valence-corrected chi connectivity index (χ3v) is 12.4. The first-order valence-corrected chi connectivity index (χ1v) is 20.5. The summed E-state index contributed by atoms with van der Waals surface area (Å²) >= 11 is 0. The molecule has 0 fully saturated rings. The molecule has 0 saturated heterocycles. The molecule has 0 N–H and O–H groups in total. The summed E-state index contributed by atoms with van der Waals surface area (Å²) in [5.41, 5.74) is 14.2. The zero-order valence-electron chi connectivity index (χ0n) is 33.2. The number of benzene rings is 10. The molecule has 0 spiro atoms. The minimum absolute atomic E-state index is 0.213. The van der Waals surface area contributed by atoms with E-state index in [-0.39, 0.29) is 5.41 Å². The van der Waals surface area contributed by atoms with Crippen molar-refractivity contribution in [2.45, 2.75) is 19.3 Å². The number of para-hydroxylation sites is 2. The van der Waals surface area contributed by atoms with Gasteiger partial charge in [-0.25, -0.2) is 0 Å². The molecule has 0 aliphatic carbocycles. The predicted octanol–water partition coefficient (Wildman–Crippen LogP) is 16.1. The lowest BCUT2D eigenvalue weighted by Crippen LogP contribution is -2.31. The highest BCUT2D eigenvalue weighted by atomic mass is 15.2. The summed E-state index contributed by atoms with van der Waals surface area (Å²) in [6.07, 6.45) is 0. The monoisotopic (exact) mass is 754 g/mol. The third kappa shape index (κ3) is 5.79. The topological polar surface area (TPSA) is 6.48 Å². The average Bonchev–Trinajstić information content (AvgIpc) is 3.29. The first kappa shape index (κ1) is 34.8. The van der Waals surface area contributed by atoms with Crippen molar-refractivity contribution < 1.29 is 0 Å². The molecule has 10 aromatic carbocycles. The molecule has 280 valence electrons. The van der Waals surface area contributed by atoms with E-state index in [0.29, 0.717) is 0 Å². The summed E-state index contributed by atoms with van der Waals surface area (Å²) < 4.78 is 0. The van der Waals surface area contributed by atoms with Crippen molar-refractivity contribution in [1.29, 1.82) is 0 Å². The third-order valence-electron chi connectivity index (χ3n) is 12.4. The van der Waals surface area contributed by atoms with E-state index in [1.807, 2.05) is 0 Å². The van der Waals surface area contributed by atoms with Crippen LogP contribution in [0.15, 0.2) is 218 Å². The Hall–Kier alpha value is -7.42. The molecule has 0 bridgehead atoms. The van der Waals surface area contributed by atoms with E-state index in [4.69, 9.17) is 0 Å².